The number of thiophene rings is 1. The molecule has 140 valence electrons. The van der Waals surface area contributed by atoms with Crippen molar-refractivity contribution in [1.29, 1.82) is 5.26 Å². The van der Waals surface area contributed by atoms with E-state index in [1.165, 1.54) is 24.5 Å². The highest BCUT2D eigenvalue weighted by Crippen LogP contribution is 2.28. The van der Waals surface area contributed by atoms with Crippen molar-refractivity contribution in [3.8, 4) is 17.6 Å². The van der Waals surface area contributed by atoms with Gasteiger partial charge in [-0.05, 0) is 41.6 Å². The van der Waals surface area contributed by atoms with E-state index in [2.05, 4.69) is 0 Å². The molecule has 0 unspecified atom stereocenters. The van der Waals surface area contributed by atoms with Crippen LogP contribution in [0.15, 0.2) is 41.8 Å². The molecular formula is C20H19NO5S. The van der Waals surface area contributed by atoms with Crippen molar-refractivity contribution in [2.75, 3.05) is 20.3 Å². The number of carbonyl (C=O) groups excluding carboxylic acids is 2. The molecule has 1 aromatic heterocycles. The molecule has 1 aromatic carbocycles. The van der Waals surface area contributed by atoms with Crippen molar-refractivity contribution in [1.82, 2.24) is 0 Å². The van der Waals surface area contributed by atoms with Crippen LogP contribution in [0.3, 0.4) is 0 Å². The number of rotatable bonds is 10. The average molecular weight is 385 g/mol. The third-order valence-corrected chi connectivity index (χ3v) is 4.39. The van der Waals surface area contributed by atoms with E-state index in [9.17, 15) is 9.59 Å². The average Bonchev–Trinajstić information content (AvgIpc) is 3.23. The summed E-state index contributed by atoms with van der Waals surface area (Å²) >= 11 is 1.41. The number of ketones is 1. The van der Waals surface area contributed by atoms with E-state index in [0.29, 0.717) is 24.3 Å². The van der Waals surface area contributed by atoms with Crippen LogP contribution >= 0.6 is 11.3 Å². The third-order valence-electron chi connectivity index (χ3n) is 3.48. The van der Waals surface area contributed by atoms with Gasteiger partial charge in [-0.25, -0.2) is 4.79 Å². The second kappa shape index (κ2) is 10.8. The van der Waals surface area contributed by atoms with Gasteiger partial charge in [0.25, 0.3) is 0 Å². The van der Waals surface area contributed by atoms with Crippen LogP contribution in [0.25, 0.3) is 6.08 Å². The van der Waals surface area contributed by atoms with Crippen LogP contribution in [0.5, 0.6) is 11.5 Å². The standard InChI is InChI=1S/C20H19NO5S/c1-24-18-14-15(6-8-17(18)25-12-10-21)7-9-20(23)26-11-2-4-16(22)19-5-3-13-27-19/h3,5-9,13-14H,2,4,11-12H2,1H3/b9-7+. The topological polar surface area (TPSA) is 85.6 Å². The van der Waals surface area contributed by atoms with Crippen molar-refractivity contribution in [3.63, 3.8) is 0 Å². The molecular weight excluding hydrogens is 366 g/mol. The van der Waals surface area contributed by atoms with E-state index in [1.807, 2.05) is 17.5 Å². The number of nitriles is 1. The lowest BCUT2D eigenvalue weighted by molar-refractivity contribution is -0.137. The summed E-state index contributed by atoms with van der Waals surface area (Å²) in [7, 11) is 1.49. The molecule has 0 saturated carbocycles. The summed E-state index contributed by atoms with van der Waals surface area (Å²) in [5.74, 6) is 0.492. The fourth-order valence-electron chi connectivity index (χ4n) is 2.20. The second-order valence-electron chi connectivity index (χ2n) is 5.36. The fourth-order valence-corrected chi connectivity index (χ4v) is 2.89. The first kappa shape index (κ1) is 20.2. The van der Waals surface area contributed by atoms with E-state index in [1.54, 1.807) is 30.3 Å². The summed E-state index contributed by atoms with van der Waals surface area (Å²) in [5, 5.41) is 10.4. The fraction of sp³-hybridized carbons (Fsp3) is 0.250. The van der Waals surface area contributed by atoms with Crippen molar-refractivity contribution in [2.24, 2.45) is 0 Å². The van der Waals surface area contributed by atoms with Gasteiger partial charge in [-0.1, -0.05) is 12.1 Å². The summed E-state index contributed by atoms with van der Waals surface area (Å²) in [4.78, 5) is 24.3. The molecule has 7 heteroatoms. The van der Waals surface area contributed by atoms with E-state index >= 15 is 0 Å². The van der Waals surface area contributed by atoms with Gasteiger partial charge in [0.2, 0.25) is 0 Å². The highest BCUT2D eigenvalue weighted by atomic mass is 32.1. The van der Waals surface area contributed by atoms with Crippen LogP contribution in [0.1, 0.15) is 28.1 Å². The second-order valence-corrected chi connectivity index (χ2v) is 6.31. The Labute approximate surface area is 161 Å². The first-order valence-corrected chi connectivity index (χ1v) is 9.11. The molecule has 27 heavy (non-hydrogen) atoms. The number of hydrogen-bond donors (Lipinski definition) is 0. The molecule has 2 rings (SSSR count). The zero-order chi connectivity index (χ0) is 19.5. The summed E-state index contributed by atoms with van der Waals surface area (Å²) in [6, 6.07) is 10.6. The molecule has 0 aliphatic heterocycles. The van der Waals surface area contributed by atoms with Crippen LogP contribution in [-0.4, -0.2) is 32.1 Å². The minimum Gasteiger partial charge on any atom is -0.493 e. The van der Waals surface area contributed by atoms with Gasteiger partial charge < -0.3 is 14.2 Å². The van der Waals surface area contributed by atoms with Gasteiger partial charge in [-0.15, -0.1) is 11.3 Å². The lowest BCUT2D eigenvalue weighted by atomic mass is 10.2. The number of methoxy groups -OCH3 is 1. The van der Waals surface area contributed by atoms with Crippen LogP contribution in [0.4, 0.5) is 0 Å². The molecule has 0 fully saturated rings. The Balaban J connectivity index is 1.78. The Morgan fingerprint density at radius 2 is 2.11 bits per heavy atom. The maximum absolute atomic E-state index is 11.8. The molecule has 1 heterocycles. The molecule has 0 bridgehead atoms. The molecule has 0 atom stereocenters. The lowest BCUT2D eigenvalue weighted by Crippen LogP contribution is -2.05. The first-order chi connectivity index (χ1) is 13.1. The van der Waals surface area contributed by atoms with Crippen LogP contribution in [0.2, 0.25) is 0 Å². The van der Waals surface area contributed by atoms with Gasteiger partial charge in [0, 0.05) is 12.5 Å². The number of carbonyl (C=O) groups is 2. The van der Waals surface area contributed by atoms with E-state index < -0.39 is 5.97 Å². The predicted octanol–water partition coefficient (Wildman–Crippen LogP) is 3.88. The lowest BCUT2D eigenvalue weighted by Gasteiger charge is -2.08. The maximum Gasteiger partial charge on any atom is 0.330 e. The van der Waals surface area contributed by atoms with Crippen molar-refractivity contribution >= 4 is 29.2 Å². The van der Waals surface area contributed by atoms with Crippen molar-refractivity contribution in [3.05, 3.63) is 52.2 Å². The van der Waals surface area contributed by atoms with E-state index in [4.69, 9.17) is 19.5 Å². The largest absolute Gasteiger partial charge is 0.493 e. The summed E-state index contributed by atoms with van der Waals surface area (Å²) < 4.78 is 15.5. The molecule has 0 aliphatic rings. The van der Waals surface area contributed by atoms with E-state index in [0.717, 1.165) is 10.4 Å². The summed E-state index contributed by atoms with van der Waals surface area (Å²) in [5.41, 5.74) is 0.723. The Kier molecular flexibility index (Phi) is 8.07. The van der Waals surface area contributed by atoms with Crippen LogP contribution in [-0.2, 0) is 9.53 Å². The van der Waals surface area contributed by atoms with Gasteiger partial charge in [0.05, 0.1) is 18.6 Å². The van der Waals surface area contributed by atoms with Crippen molar-refractivity contribution < 1.29 is 23.8 Å². The van der Waals surface area contributed by atoms with Crippen molar-refractivity contribution in [2.45, 2.75) is 12.8 Å². The van der Waals surface area contributed by atoms with Gasteiger partial charge in [0.15, 0.2) is 23.9 Å². The zero-order valence-corrected chi connectivity index (χ0v) is 15.7. The molecule has 0 radical (unpaired) electrons. The number of benzene rings is 1. The van der Waals surface area contributed by atoms with E-state index in [-0.39, 0.29) is 19.0 Å². The molecule has 0 aliphatic carbocycles. The summed E-state index contributed by atoms with van der Waals surface area (Å²) in [6.07, 6.45) is 3.73. The summed E-state index contributed by atoms with van der Waals surface area (Å²) in [6.45, 7) is 0.109. The van der Waals surface area contributed by atoms with Gasteiger partial charge >= 0.3 is 5.97 Å². The number of ether oxygens (including phenoxy) is 3. The monoisotopic (exact) mass is 385 g/mol. The first-order valence-electron chi connectivity index (χ1n) is 8.23. The molecule has 2 aromatic rings. The highest BCUT2D eigenvalue weighted by molar-refractivity contribution is 7.12. The minimum atomic E-state index is -0.484. The minimum absolute atomic E-state index is 0.0578. The number of esters is 1. The molecule has 0 amide bonds. The molecule has 6 nitrogen and oxygen atoms in total. The number of Topliss-reactive ketones (excluding diaryl/α,β-unsaturated/α-hetero) is 1. The smallest absolute Gasteiger partial charge is 0.330 e. The van der Waals surface area contributed by atoms with Gasteiger partial charge in [-0.3, -0.25) is 4.79 Å². The maximum atomic E-state index is 11.8. The number of hydrogen-bond acceptors (Lipinski definition) is 7. The SMILES string of the molecule is COc1cc(/C=C/C(=O)OCCCC(=O)c2cccs2)ccc1OCC#N. The number of nitrogens with zero attached hydrogens (tertiary/aromatic N) is 1. The Hall–Kier alpha value is -3.11. The molecule has 0 saturated heterocycles. The van der Waals surface area contributed by atoms with Gasteiger partial charge in [0.1, 0.15) is 6.07 Å². The normalized spacial score (nSPS) is 10.4. The van der Waals surface area contributed by atoms with Crippen LogP contribution in [0, 0.1) is 11.3 Å². The molecule has 0 N–H and O–H groups in total. The zero-order valence-electron chi connectivity index (χ0n) is 14.8. The Morgan fingerprint density at radius 3 is 2.81 bits per heavy atom. The quantitative estimate of drug-likeness (QED) is 0.267. The third kappa shape index (κ3) is 6.60. The van der Waals surface area contributed by atoms with Gasteiger partial charge in [-0.2, -0.15) is 5.26 Å². The Morgan fingerprint density at radius 1 is 1.26 bits per heavy atom. The van der Waals surface area contributed by atoms with Crippen LogP contribution < -0.4 is 9.47 Å². The molecule has 0 spiro atoms. The Bertz CT molecular complexity index is 837. The predicted molar refractivity (Wildman–Crippen MR) is 102 cm³/mol. The highest BCUT2D eigenvalue weighted by Gasteiger charge is 2.07.